The minimum absolute atomic E-state index is 0.0561. The molecule has 2 aliphatic heterocycles. The predicted octanol–water partition coefficient (Wildman–Crippen LogP) is 0.302. The summed E-state index contributed by atoms with van der Waals surface area (Å²) < 4.78 is 10.6. The van der Waals surface area contributed by atoms with E-state index in [1.165, 1.54) is 0 Å². The fourth-order valence-electron chi connectivity index (χ4n) is 2.31. The maximum atomic E-state index is 11.5. The lowest BCUT2D eigenvalue weighted by Gasteiger charge is -2.41. The van der Waals surface area contributed by atoms with Gasteiger partial charge in [-0.05, 0) is 17.7 Å². The summed E-state index contributed by atoms with van der Waals surface area (Å²) in [4.78, 5) is 13.1. The summed E-state index contributed by atoms with van der Waals surface area (Å²) in [6, 6.07) is 5.69. The molecule has 1 aromatic carbocycles. The zero-order valence-electron chi connectivity index (χ0n) is 10.2. The molecule has 0 unspecified atom stereocenters. The summed E-state index contributed by atoms with van der Waals surface area (Å²) in [5.41, 5.74) is 1.46. The number of carbonyl (C=O) groups is 1. The van der Waals surface area contributed by atoms with Gasteiger partial charge >= 0.3 is 0 Å². The zero-order valence-corrected chi connectivity index (χ0v) is 10.2. The van der Waals surface area contributed by atoms with Crippen molar-refractivity contribution in [2.24, 2.45) is 0 Å². The predicted molar refractivity (Wildman–Crippen MR) is 64.9 cm³/mol. The van der Waals surface area contributed by atoms with Gasteiger partial charge < -0.3 is 19.5 Å². The van der Waals surface area contributed by atoms with Gasteiger partial charge in [0.05, 0.1) is 30.9 Å². The van der Waals surface area contributed by atoms with Gasteiger partial charge in [-0.2, -0.15) is 0 Å². The Morgan fingerprint density at radius 2 is 2.22 bits per heavy atom. The number of hydrogen-bond acceptors (Lipinski definition) is 4. The molecule has 0 aromatic heterocycles. The van der Waals surface area contributed by atoms with Crippen LogP contribution in [0.15, 0.2) is 18.2 Å². The van der Waals surface area contributed by atoms with Crippen molar-refractivity contribution >= 4 is 11.6 Å². The van der Waals surface area contributed by atoms with E-state index in [9.17, 15) is 9.90 Å². The number of amides is 1. The van der Waals surface area contributed by atoms with Crippen LogP contribution in [-0.2, 0) is 14.9 Å². The summed E-state index contributed by atoms with van der Waals surface area (Å²) in [7, 11) is 1.73. The molecule has 0 saturated carbocycles. The highest BCUT2D eigenvalue weighted by Gasteiger charge is 2.40. The molecule has 1 saturated heterocycles. The van der Waals surface area contributed by atoms with Gasteiger partial charge in [0.25, 0.3) is 5.91 Å². The average Bonchev–Trinajstić information content (AvgIpc) is 2.33. The lowest BCUT2D eigenvalue weighted by atomic mass is 9.79. The van der Waals surface area contributed by atoms with Crippen molar-refractivity contribution in [1.29, 1.82) is 0 Å². The molecule has 0 spiro atoms. The van der Waals surface area contributed by atoms with Crippen molar-refractivity contribution in [2.45, 2.75) is 5.41 Å². The quantitative estimate of drug-likeness (QED) is 0.819. The number of rotatable bonds is 2. The van der Waals surface area contributed by atoms with Crippen LogP contribution in [0.25, 0.3) is 0 Å². The van der Waals surface area contributed by atoms with Gasteiger partial charge in [0.1, 0.15) is 5.75 Å². The van der Waals surface area contributed by atoms with Crippen LogP contribution in [0.1, 0.15) is 5.56 Å². The normalized spacial score (nSPS) is 21.0. The molecular formula is C13H15NO4. The van der Waals surface area contributed by atoms with Crippen LogP contribution in [-0.4, -0.2) is 44.5 Å². The summed E-state index contributed by atoms with van der Waals surface area (Å²) in [5.74, 6) is 0.633. The number of aliphatic hydroxyl groups excluding tert-OH is 1. The van der Waals surface area contributed by atoms with Gasteiger partial charge in [0.2, 0.25) is 0 Å². The molecule has 0 bridgehead atoms. The molecule has 2 heterocycles. The molecule has 0 radical (unpaired) electrons. The molecule has 0 aliphatic carbocycles. The molecule has 3 rings (SSSR count). The number of benzene rings is 1. The molecule has 1 fully saturated rings. The van der Waals surface area contributed by atoms with Gasteiger partial charge in [-0.1, -0.05) is 6.07 Å². The first kappa shape index (κ1) is 11.5. The molecule has 5 heteroatoms. The Balaban J connectivity index is 1.99. The lowest BCUT2D eigenvalue weighted by Crippen LogP contribution is -2.49. The molecule has 0 atom stereocenters. The van der Waals surface area contributed by atoms with Crippen LogP contribution >= 0.6 is 0 Å². The van der Waals surface area contributed by atoms with E-state index in [1.54, 1.807) is 11.9 Å². The molecule has 18 heavy (non-hydrogen) atoms. The topological polar surface area (TPSA) is 59.0 Å². The minimum atomic E-state index is -0.307. The average molecular weight is 249 g/mol. The number of aliphatic hydroxyl groups is 1. The van der Waals surface area contributed by atoms with Crippen molar-refractivity contribution in [2.75, 3.05) is 38.4 Å². The number of anilines is 1. The van der Waals surface area contributed by atoms with Crippen LogP contribution in [0.4, 0.5) is 5.69 Å². The molecule has 96 valence electrons. The summed E-state index contributed by atoms with van der Waals surface area (Å²) >= 11 is 0. The highest BCUT2D eigenvalue weighted by Crippen LogP contribution is 2.38. The van der Waals surface area contributed by atoms with Gasteiger partial charge in [-0.15, -0.1) is 0 Å². The minimum Gasteiger partial charge on any atom is -0.482 e. The molecule has 1 amide bonds. The van der Waals surface area contributed by atoms with Gasteiger partial charge in [-0.3, -0.25) is 4.79 Å². The van der Waals surface area contributed by atoms with E-state index >= 15 is 0 Å². The molecule has 1 N–H and O–H groups in total. The van der Waals surface area contributed by atoms with E-state index < -0.39 is 0 Å². The molecule has 1 aromatic rings. The standard InChI is InChI=1S/C13H15NO4/c1-14-10-3-2-9(13(6-15)7-17-8-13)4-11(10)18-5-12(14)16/h2-4,15H,5-8H2,1H3. The van der Waals surface area contributed by atoms with Crippen LogP contribution in [0.2, 0.25) is 0 Å². The molecule has 2 aliphatic rings. The first-order chi connectivity index (χ1) is 8.66. The summed E-state index contributed by atoms with van der Waals surface area (Å²) in [6.45, 7) is 1.17. The van der Waals surface area contributed by atoms with E-state index in [-0.39, 0.29) is 24.5 Å². The molecule has 5 nitrogen and oxygen atoms in total. The fraction of sp³-hybridized carbons (Fsp3) is 0.462. The van der Waals surface area contributed by atoms with Crippen molar-refractivity contribution in [3.63, 3.8) is 0 Å². The smallest absolute Gasteiger partial charge is 0.264 e. The monoisotopic (exact) mass is 249 g/mol. The second-order valence-electron chi connectivity index (χ2n) is 4.86. The number of ether oxygens (including phenoxy) is 2. The van der Waals surface area contributed by atoms with Crippen molar-refractivity contribution in [1.82, 2.24) is 0 Å². The number of fused-ring (bicyclic) bond motifs is 1. The largest absolute Gasteiger partial charge is 0.482 e. The number of nitrogens with zero attached hydrogens (tertiary/aromatic N) is 1. The van der Waals surface area contributed by atoms with Crippen molar-refractivity contribution < 1.29 is 19.4 Å². The Labute approximate surface area is 105 Å². The SMILES string of the molecule is CN1C(=O)COc2cc(C3(CO)COC3)ccc21. The van der Waals surface area contributed by atoms with Crippen molar-refractivity contribution in [3.05, 3.63) is 23.8 Å². The first-order valence-corrected chi connectivity index (χ1v) is 5.89. The summed E-state index contributed by atoms with van der Waals surface area (Å²) in [5, 5.41) is 9.50. The zero-order chi connectivity index (χ0) is 12.8. The highest BCUT2D eigenvalue weighted by atomic mass is 16.5. The van der Waals surface area contributed by atoms with Gasteiger partial charge in [-0.25, -0.2) is 0 Å². The van der Waals surface area contributed by atoms with Gasteiger partial charge in [0, 0.05) is 7.05 Å². The van der Waals surface area contributed by atoms with E-state index in [1.807, 2.05) is 18.2 Å². The molecular weight excluding hydrogens is 234 g/mol. The third kappa shape index (κ3) is 1.51. The lowest BCUT2D eigenvalue weighted by molar-refractivity contribution is -0.121. The Morgan fingerprint density at radius 1 is 1.44 bits per heavy atom. The van der Waals surface area contributed by atoms with Crippen LogP contribution in [0, 0.1) is 0 Å². The number of hydrogen-bond donors (Lipinski definition) is 1. The number of carbonyl (C=O) groups excluding carboxylic acids is 1. The van der Waals surface area contributed by atoms with Crippen molar-refractivity contribution in [3.8, 4) is 5.75 Å². The van der Waals surface area contributed by atoms with Crippen LogP contribution in [0.5, 0.6) is 5.75 Å². The van der Waals surface area contributed by atoms with E-state index in [2.05, 4.69) is 0 Å². The Hall–Kier alpha value is -1.59. The van der Waals surface area contributed by atoms with Gasteiger partial charge in [0.15, 0.2) is 6.61 Å². The Morgan fingerprint density at radius 3 is 2.83 bits per heavy atom. The maximum Gasteiger partial charge on any atom is 0.264 e. The Bertz CT molecular complexity index is 490. The number of likely N-dealkylation sites (N-methyl/N-ethyl adjacent to an activating group) is 1. The third-order valence-corrected chi connectivity index (χ3v) is 3.72. The second-order valence-corrected chi connectivity index (χ2v) is 4.86. The summed E-state index contributed by atoms with van der Waals surface area (Å²) in [6.07, 6.45) is 0. The van der Waals surface area contributed by atoms with E-state index in [0.717, 1.165) is 11.3 Å². The third-order valence-electron chi connectivity index (χ3n) is 3.72. The highest BCUT2D eigenvalue weighted by molar-refractivity contribution is 5.97. The van der Waals surface area contributed by atoms with Crippen LogP contribution in [0.3, 0.4) is 0 Å². The maximum absolute atomic E-state index is 11.5. The van der Waals surface area contributed by atoms with E-state index in [4.69, 9.17) is 9.47 Å². The second kappa shape index (κ2) is 3.96. The van der Waals surface area contributed by atoms with E-state index in [0.29, 0.717) is 19.0 Å². The fourth-order valence-corrected chi connectivity index (χ4v) is 2.31. The Kier molecular flexibility index (Phi) is 2.53. The first-order valence-electron chi connectivity index (χ1n) is 5.89. The van der Waals surface area contributed by atoms with Crippen LogP contribution < -0.4 is 9.64 Å².